The SMILES string of the molecule is CNC(=O)C1COCCN1CC(=O)COC. The molecule has 1 N–H and O–H groups in total. The van der Waals surface area contributed by atoms with E-state index in [4.69, 9.17) is 9.47 Å². The highest BCUT2D eigenvalue weighted by atomic mass is 16.5. The molecular weight excluding hydrogens is 212 g/mol. The number of rotatable bonds is 5. The Balaban J connectivity index is 2.53. The summed E-state index contributed by atoms with van der Waals surface area (Å²) < 4.78 is 9.99. The maximum Gasteiger partial charge on any atom is 0.239 e. The molecule has 0 aromatic heterocycles. The lowest BCUT2D eigenvalue weighted by Gasteiger charge is -2.33. The monoisotopic (exact) mass is 230 g/mol. The van der Waals surface area contributed by atoms with Crippen molar-refractivity contribution in [1.29, 1.82) is 0 Å². The lowest BCUT2D eigenvalue weighted by molar-refractivity contribution is -0.135. The lowest BCUT2D eigenvalue weighted by Crippen LogP contribution is -2.54. The predicted octanol–water partition coefficient (Wildman–Crippen LogP) is -1.35. The Kier molecular flexibility index (Phi) is 5.37. The molecular formula is C10H18N2O4. The van der Waals surface area contributed by atoms with Gasteiger partial charge >= 0.3 is 0 Å². The van der Waals surface area contributed by atoms with Crippen molar-refractivity contribution in [2.75, 3.05) is 47.1 Å². The highest BCUT2D eigenvalue weighted by molar-refractivity contribution is 5.85. The Labute approximate surface area is 94.9 Å². The highest BCUT2D eigenvalue weighted by Crippen LogP contribution is 2.06. The molecule has 0 aromatic carbocycles. The van der Waals surface area contributed by atoms with Gasteiger partial charge in [0, 0.05) is 20.7 Å². The minimum atomic E-state index is -0.375. The number of carbonyl (C=O) groups excluding carboxylic acids is 2. The molecule has 16 heavy (non-hydrogen) atoms. The summed E-state index contributed by atoms with van der Waals surface area (Å²) in [6.07, 6.45) is 0. The van der Waals surface area contributed by atoms with Crippen LogP contribution in [0.25, 0.3) is 0 Å². The Bertz CT molecular complexity index is 257. The van der Waals surface area contributed by atoms with Crippen LogP contribution in [0.1, 0.15) is 0 Å². The van der Waals surface area contributed by atoms with E-state index in [1.165, 1.54) is 7.11 Å². The first kappa shape index (κ1) is 13.1. The van der Waals surface area contributed by atoms with E-state index in [-0.39, 0.29) is 30.9 Å². The van der Waals surface area contributed by atoms with Gasteiger partial charge in [0.05, 0.1) is 19.8 Å². The number of likely N-dealkylation sites (N-methyl/N-ethyl adjacent to an activating group) is 1. The van der Waals surface area contributed by atoms with Gasteiger partial charge in [-0.1, -0.05) is 0 Å². The summed E-state index contributed by atoms with van der Waals surface area (Å²) >= 11 is 0. The minimum Gasteiger partial charge on any atom is -0.378 e. The molecule has 1 heterocycles. The van der Waals surface area contributed by atoms with Gasteiger partial charge in [-0.2, -0.15) is 0 Å². The van der Waals surface area contributed by atoms with Crippen LogP contribution in [0.4, 0.5) is 0 Å². The normalized spacial score (nSPS) is 21.8. The van der Waals surface area contributed by atoms with Crippen molar-refractivity contribution in [2.45, 2.75) is 6.04 Å². The van der Waals surface area contributed by atoms with E-state index < -0.39 is 0 Å². The number of hydrogen-bond donors (Lipinski definition) is 1. The molecule has 0 radical (unpaired) electrons. The van der Waals surface area contributed by atoms with Crippen molar-refractivity contribution in [2.24, 2.45) is 0 Å². The molecule has 1 rings (SSSR count). The van der Waals surface area contributed by atoms with Gasteiger partial charge in [0.15, 0.2) is 5.78 Å². The van der Waals surface area contributed by atoms with E-state index in [0.717, 1.165) is 0 Å². The first-order valence-electron chi connectivity index (χ1n) is 5.23. The van der Waals surface area contributed by atoms with Crippen LogP contribution in [-0.4, -0.2) is 69.7 Å². The molecule has 1 amide bonds. The van der Waals surface area contributed by atoms with Crippen molar-refractivity contribution in [3.8, 4) is 0 Å². The molecule has 1 saturated heterocycles. The van der Waals surface area contributed by atoms with Crippen molar-refractivity contribution < 1.29 is 19.1 Å². The first-order valence-corrected chi connectivity index (χ1v) is 5.23. The molecule has 1 atom stereocenters. The molecule has 0 aliphatic carbocycles. The predicted molar refractivity (Wildman–Crippen MR) is 57.1 cm³/mol. The third-order valence-corrected chi connectivity index (χ3v) is 2.47. The molecule has 6 nitrogen and oxygen atoms in total. The zero-order chi connectivity index (χ0) is 12.0. The van der Waals surface area contributed by atoms with Gasteiger partial charge in [-0.3, -0.25) is 14.5 Å². The molecule has 6 heteroatoms. The number of amides is 1. The topological polar surface area (TPSA) is 67.9 Å². The van der Waals surface area contributed by atoms with Crippen molar-refractivity contribution >= 4 is 11.7 Å². The minimum absolute atomic E-state index is 0.0293. The van der Waals surface area contributed by atoms with Crippen LogP contribution in [0, 0.1) is 0 Å². The standard InChI is InChI=1S/C10H18N2O4/c1-11-10(14)9-7-16-4-3-12(9)5-8(13)6-15-2/h9H,3-7H2,1-2H3,(H,11,14). The Morgan fingerprint density at radius 2 is 2.31 bits per heavy atom. The zero-order valence-corrected chi connectivity index (χ0v) is 9.69. The third-order valence-electron chi connectivity index (χ3n) is 2.47. The Hall–Kier alpha value is -0.980. The third kappa shape index (κ3) is 3.55. The van der Waals surface area contributed by atoms with E-state index >= 15 is 0 Å². The Morgan fingerprint density at radius 1 is 1.56 bits per heavy atom. The van der Waals surface area contributed by atoms with Gasteiger partial charge in [-0.25, -0.2) is 0 Å². The van der Waals surface area contributed by atoms with E-state index in [2.05, 4.69) is 5.32 Å². The fourth-order valence-electron chi connectivity index (χ4n) is 1.67. The second-order valence-electron chi connectivity index (χ2n) is 3.65. The maximum atomic E-state index is 11.5. The first-order chi connectivity index (χ1) is 7.69. The highest BCUT2D eigenvalue weighted by Gasteiger charge is 2.29. The Morgan fingerprint density at radius 3 is 2.94 bits per heavy atom. The number of Topliss-reactive ketones (excluding diaryl/α,β-unsaturated/α-hetero) is 1. The maximum absolute atomic E-state index is 11.5. The zero-order valence-electron chi connectivity index (χ0n) is 9.69. The summed E-state index contributed by atoms with van der Waals surface area (Å²) in [4.78, 5) is 24.8. The average Bonchev–Trinajstić information content (AvgIpc) is 2.29. The van der Waals surface area contributed by atoms with E-state index in [0.29, 0.717) is 19.8 Å². The largest absolute Gasteiger partial charge is 0.378 e. The fraction of sp³-hybridized carbons (Fsp3) is 0.800. The quantitative estimate of drug-likeness (QED) is 0.632. The van der Waals surface area contributed by atoms with Gasteiger partial charge < -0.3 is 14.8 Å². The molecule has 92 valence electrons. The molecule has 1 fully saturated rings. The van der Waals surface area contributed by atoms with Gasteiger partial charge in [0.2, 0.25) is 5.91 Å². The van der Waals surface area contributed by atoms with Crippen LogP contribution in [-0.2, 0) is 19.1 Å². The van der Waals surface area contributed by atoms with E-state index in [9.17, 15) is 9.59 Å². The van der Waals surface area contributed by atoms with Crippen LogP contribution in [0.2, 0.25) is 0 Å². The number of hydrogen-bond acceptors (Lipinski definition) is 5. The summed E-state index contributed by atoms with van der Waals surface area (Å²) in [7, 11) is 3.06. The van der Waals surface area contributed by atoms with Crippen LogP contribution < -0.4 is 5.32 Å². The molecule has 0 aromatic rings. The number of nitrogens with zero attached hydrogens (tertiary/aromatic N) is 1. The number of carbonyl (C=O) groups is 2. The molecule has 1 aliphatic heterocycles. The van der Waals surface area contributed by atoms with Crippen molar-refractivity contribution in [1.82, 2.24) is 10.2 Å². The van der Waals surface area contributed by atoms with Gasteiger partial charge in [0.1, 0.15) is 12.6 Å². The van der Waals surface area contributed by atoms with E-state index in [1.807, 2.05) is 4.90 Å². The van der Waals surface area contributed by atoms with Crippen LogP contribution in [0.5, 0.6) is 0 Å². The molecule has 0 saturated carbocycles. The lowest BCUT2D eigenvalue weighted by atomic mass is 10.2. The average molecular weight is 230 g/mol. The van der Waals surface area contributed by atoms with Crippen LogP contribution in [0.3, 0.4) is 0 Å². The van der Waals surface area contributed by atoms with E-state index in [1.54, 1.807) is 7.05 Å². The number of ether oxygens (including phenoxy) is 2. The van der Waals surface area contributed by atoms with Crippen molar-refractivity contribution in [3.05, 3.63) is 0 Å². The van der Waals surface area contributed by atoms with Crippen LogP contribution >= 0.6 is 0 Å². The van der Waals surface area contributed by atoms with Gasteiger partial charge in [-0.05, 0) is 0 Å². The van der Waals surface area contributed by atoms with Crippen LogP contribution in [0.15, 0.2) is 0 Å². The summed E-state index contributed by atoms with van der Waals surface area (Å²) in [5.41, 5.74) is 0. The summed E-state index contributed by atoms with van der Waals surface area (Å²) in [6, 6.07) is -0.375. The molecule has 0 spiro atoms. The second-order valence-corrected chi connectivity index (χ2v) is 3.65. The van der Waals surface area contributed by atoms with Gasteiger partial charge in [0.25, 0.3) is 0 Å². The molecule has 1 aliphatic rings. The fourth-order valence-corrected chi connectivity index (χ4v) is 1.67. The number of nitrogens with one attached hydrogen (secondary N) is 1. The van der Waals surface area contributed by atoms with Crippen molar-refractivity contribution in [3.63, 3.8) is 0 Å². The summed E-state index contributed by atoms with van der Waals surface area (Å²) in [5.74, 6) is -0.150. The molecule has 1 unspecified atom stereocenters. The molecule has 0 bridgehead atoms. The summed E-state index contributed by atoms with van der Waals surface area (Å²) in [6.45, 7) is 1.79. The second kappa shape index (κ2) is 6.57. The van der Waals surface area contributed by atoms with Gasteiger partial charge in [-0.15, -0.1) is 0 Å². The summed E-state index contributed by atoms with van der Waals surface area (Å²) in [5, 5.41) is 2.57. The smallest absolute Gasteiger partial charge is 0.239 e. The number of morpholine rings is 1. The number of ketones is 1. The number of methoxy groups -OCH3 is 1.